The Morgan fingerprint density at radius 1 is 0.667 bits per heavy atom. The minimum Gasteiger partial charge on any atom is -0.372 e. The van der Waals surface area contributed by atoms with Gasteiger partial charge in [0.25, 0.3) is 0 Å². The Kier molecular flexibility index (Phi) is 4.33. The maximum absolute atomic E-state index is 6.06. The van der Waals surface area contributed by atoms with Gasteiger partial charge in [0.1, 0.15) is 0 Å². The van der Waals surface area contributed by atoms with Crippen molar-refractivity contribution in [2.75, 3.05) is 0 Å². The Balaban J connectivity index is 1.68. The van der Waals surface area contributed by atoms with E-state index in [4.69, 9.17) is 4.74 Å². The molecule has 0 fully saturated rings. The van der Waals surface area contributed by atoms with Gasteiger partial charge in [-0.2, -0.15) is 0 Å². The van der Waals surface area contributed by atoms with Gasteiger partial charge in [0.2, 0.25) is 0 Å². The van der Waals surface area contributed by atoms with E-state index in [0.29, 0.717) is 13.2 Å². The highest BCUT2D eigenvalue weighted by Crippen LogP contribution is 2.29. The van der Waals surface area contributed by atoms with E-state index >= 15 is 0 Å². The second-order valence-corrected chi connectivity index (χ2v) is 6.84. The third kappa shape index (κ3) is 3.08. The Labute approximate surface area is 150 Å². The summed E-state index contributed by atoms with van der Waals surface area (Å²) in [4.78, 5) is 0. The fraction of sp³-hybridized carbons (Fsp3) is 0.0909. The van der Waals surface area contributed by atoms with Crippen LogP contribution < -0.4 is 0 Å². The molecular formula is C22H17BrO. The van der Waals surface area contributed by atoms with Crippen LogP contribution in [0.3, 0.4) is 0 Å². The first-order valence-electron chi connectivity index (χ1n) is 8.03. The Morgan fingerprint density at radius 2 is 1.33 bits per heavy atom. The first-order valence-corrected chi connectivity index (χ1v) is 8.82. The van der Waals surface area contributed by atoms with E-state index in [1.54, 1.807) is 0 Å². The smallest absolute Gasteiger partial charge is 0.0733 e. The molecule has 24 heavy (non-hydrogen) atoms. The highest BCUT2D eigenvalue weighted by atomic mass is 79.9. The molecule has 2 heteroatoms. The Bertz CT molecular complexity index is 953. The van der Waals surface area contributed by atoms with Crippen molar-refractivity contribution in [2.45, 2.75) is 13.2 Å². The van der Waals surface area contributed by atoms with Crippen molar-refractivity contribution in [3.8, 4) is 0 Å². The molecule has 0 aliphatic heterocycles. The highest BCUT2D eigenvalue weighted by molar-refractivity contribution is 9.10. The fourth-order valence-electron chi connectivity index (χ4n) is 3.16. The summed E-state index contributed by atoms with van der Waals surface area (Å²) in [6.45, 7) is 1.21. The van der Waals surface area contributed by atoms with Crippen LogP contribution in [0.4, 0.5) is 0 Å². The SMILES string of the molecule is Brc1cccc(COCc2c3ccccc3cc3ccccc23)c1. The zero-order chi connectivity index (χ0) is 16.4. The van der Waals surface area contributed by atoms with Gasteiger partial charge in [0, 0.05) is 4.47 Å². The second kappa shape index (κ2) is 6.76. The molecule has 0 unspecified atom stereocenters. The molecule has 118 valence electrons. The minimum absolute atomic E-state index is 0.606. The van der Waals surface area contributed by atoms with Gasteiger partial charge in [-0.05, 0) is 50.9 Å². The minimum atomic E-state index is 0.606. The third-order valence-electron chi connectivity index (χ3n) is 4.29. The number of hydrogen-bond acceptors (Lipinski definition) is 1. The number of ether oxygens (including phenoxy) is 1. The lowest BCUT2D eigenvalue weighted by Crippen LogP contribution is -1.96. The highest BCUT2D eigenvalue weighted by Gasteiger charge is 2.07. The zero-order valence-electron chi connectivity index (χ0n) is 13.2. The maximum Gasteiger partial charge on any atom is 0.0733 e. The molecule has 0 aliphatic carbocycles. The van der Waals surface area contributed by atoms with Crippen molar-refractivity contribution in [1.82, 2.24) is 0 Å². The molecule has 0 radical (unpaired) electrons. The monoisotopic (exact) mass is 376 g/mol. The molecule has 0 saturated heterocycles. The molecular weight excluding hydrogens is 360 g/mol. The molecule has 1 nitrogen and oxygen atoms in total. The lowest BCUT2D eigenvalue weighted by molar-refractivity contribution is 0.109. The van der Waals surface area contributed by atoms with Crippen molar-refractivity contribution in [1.29, 1.82) is 0 Å². The molecule has 0 aliphatic rings. The molecule has 0 N–H and O–H groups in total. The predicted octanol–water partition coefficient (Wildman–Crippen LogP) is 6.47. The summed E-state index contributed by atoms with van der Waals surface area (Å²) in [7, 11) is 0. The number of fused-ring (bicyclic) bond motifs is 2. The van der Waals surface area contributed by atoms with Crippen LogP contribution in [-0.2, 0) is 18.0 Å². The number of benzene rings is 4. The molecule has 4 aromatic carbocycles. The Morgan fingerprint density at radius 3 is 2.00 bits per heavy atom. The summed E-state index contributed by atoms with van der Waals surface area (Å²) >= 11 is 3.51. The molecule has 0 aromatic heterocycles. The summed E-state index contributed by atoms with van der Waals surface area (Å²) < 4.78 is 7.14. The van der Waals surface area contributed by atoms with E-state index in [1.807, 2.05) is 12.1 Å². The largest absolute Gasteiger partial charge is 0.372 e. The van der Waals surface area contributed by atoms with E-state index in [9.17, 15) is 0 Å². The summed E-state index contributed by atoms with van der Waals surface area (Å²) in [5, 5.41) is 5.06. The average molecular weight is 377 g/mol. The number of rotatable bonds is 4. The van der Waals surface area contributed by atoms with Gasteiger partial charge in [-0.1, -0.05) is 76.6 Å². The quantitative estimate of drug-likeness (QED) is 0.370. The second-order valence-electron chi connectivity index (χ2n) is 5.92. The molecule has 0 saturated carbocycles. The fourth-order valence-corrected chi connectivity index (χ4v) is 3.61. The summed E-state index contributed by atoms with van der Waals surface area (Å²) in [5.41, 5.74) is 2.44. The topological polar surface area (TPSA) is 9.23 Å². The summed E-state index contributed by atoms with van der Waals surface area (Å²) in [6.07, 6.45) is 0. The van der Waals surface area contributed by atoms with Crippen LogP contribution in [0.1, 0.15) is 11.1 Å². The van der Waals surface area contributed by atoms with E-state index in [1.165, 1.54) is 32.7 Å². The molecule has 0 atom stereocenters. The molecule has 0 bridgehead atoms. The molecule has 4 aromatic rings. The van der Waals surface area contributed by atoms with E-state index in [0.717, 1.165) is 4.47 Å². The number of hydrogen-bond donors (Lipinski definition) is 0. The van der Waals surface area contributed by atoms with E-state index in [2.05, 4.69) is 82.7 Å². The van der Waals surface area contributed by atoms with Gasteiger partial charge in [-0.15, -0.1) is 0 Å². The van der Waals surface area contributed by atoms with Crippen molar-refractivity contribution >= 4 is 37.5 Å². The van der Waals surface area contributed by atoms with Crippen LogP contribution in [0.15, 0.2) is 83.3 Å². The summed E-state index contributed by atoms with van der Waals surface area (Å²) in [5.74, 6) is 0. The van der Waals surface area contributed by atoms with Crippen molar-refractivity contribution < 1.29 is 4.74 Å². The molecule has 4 rings (SSSR count). The van der Waals surface area contributed by atoms with Gasteiger partial charge >= 0.3 is 0 Å². The van der Waals surface area contributed by atoms with Gasteiger partial charge in [0.05, 0.1) is 13.2 Å². The average Bonchev–Trinajstić information content (AvgIpc) is 2.61. The lowest BCUT2D eigenvalue weighted by Gasteiger charge is -2.12. The van der Waals surface area contributed by atoms with Crippen LogP contribution in [0, 0.1) is 0 Å². The number of halogens is 1. The molecule has 0 spiro atoms. The normalized spacial score (nSPS) is 11.2. The Hall–Kier alpha value is -2.16. The maximum atomic E-state index is 6.06. The van der Waals surface area contributed by atoms with Crippen LogP contribution in [-0.4, -0.2) is 0 Å². The van der Waals surface area contributed by atoms with E-state index in [-0.39, 0.29) is 0 Å². The van der Waals surface area contributed by atoms with Gasteiger partial charge in [-0.25, -0.2) is 0 Å². The predicted molar refractivity (Wildman–Crippen MR) is 104 cm³/mol. The molecule has 0 heterocycles. The molecule has 0 amide bonds. The van der Waals surface area contributed by atoms with Crippen LogP contribution in [0.25, 0.3) is 21.5 Å². The zero-order valence-corrected chi connectivity index (χ0v) is 14.8. The van der Waals surface area contributed by atoms with Gasteiger partial charge < -0.3 is 4.74 Å². The summed E-state index contributed by atoms with van der Waals surface area (Å²) in [6, 6.07) is 27.6. The van der Waals surface area contributed by atoms with Gasteiger partial charge in [-0.3, -0.25) is 0 Å². The van der Waals surface area contributed by atoms with Crippen molar-refractivity contribution in [2.24, 2.45) is 0 Å². The standard InChI is InChI=1S/C22H17BrO/c23-19-9-5-6-16(12-19)14-24-15-22-20-10-3-1-7-17(20)13-18-8-2-4-11-21(18)22/h1-13H,14-15H2. The van der Waals surface area contributed by atoms with Crippen LogP contribution in [0.2, 0.25) is 0 Å². The van der Waals surface area contributed by atoms with Crippen molar-refractivity contribution in [3.63, 3.8) is 0 Å². The van der Waals surface area contributed by atoms with E-state index < -0.39 is 0 Å². The third-order valence-corrected chi connectivity index (χ3v) is 4.78. The van der Waals surface area contributed by atoms with Crippen LogP contribution >= 0.6 is 15.9 Å². The van der Waals surface area contributed by atoms with Gasteiger partial charge in [0.15, 0.2) is 0 Å². The first-order chi connectivity index (χ1) is 11.8. The van der Waals surface area contributed by atoms with Crippen LogP contribution in [0.5, 0.6) is 0 Å². The van der Waals surface area contributed by atoms with Crippen molar-refractivity contribution in [3.05, 3.63) is 94.5 Å². The lowest BCUT2D eigenvalue weighted by atomic mass is 9.97. The first kappa shape index (κ1) is 15.4.